The highest BCUT2D eigenvalue weighted by Gasteiger charge is 2.29. The summed E-state index contributed by atoms with van der Waals surface area (Å²) >= 11 is 0. The zero-order valence-electron chi connectivity index (χ0n) is 14.1. The highest BCUT2D eigenvalue weighted by molar-refractivity contribution is 5.66. The van der Waals surface area contributed by atoms with Crippen LogP contribution in [0.5, 0.6) is 0 Å². The van der Waals surface area contributed by atoms with Gasteiger partial charge in [-0.2, -0.15) is 0 Å². The molecule has 0 radical (unpaired) electrons. The average molecular weight is 346 g/mol. The molecule has 0 bridgehead atoms. The van der Waals surface area contributed by atoms with Gasteiger partial charge < -0.3 is 4.74 Å². The largest absolute Gasteiger partial charge is 0.374 e. The van der Waals surface area contributed by atoms with Crippen LogP contribution in [0.2, 0.25) is 0 Å². The van der Waals surface area contributed by atoms with Gasteiger partial charge in [-0.05, 0) is 30.9 Å². The van der Waals surface area contributed by atoms with Crippen molar-refractivity contribution in [1.82, 2.24) is 0 Å². The SMILES string of the molecule is C=CC1CCC(c2ccc(-c3ccc(C)cc3)c(F)c2C(F)F)CO1. The Balaban J connectivity index is 1.99. The molecule has 132 valence electrons. The lowest BCUT2D eigenvalue weighted by molar-refractivity contribution is 0.0317. The monoisotopic (exact) mass is 346 g/mol. The molecule has 0 amide bonds. The molecule has 1 aliphatic heterocycles. The van der Waals surface area contributed by atoms with Crippen molar-refractivity contribution in [3.05, 3.63) is 71.6 Å². The van der Waals surface area contributed by atoms with E-state index >= 15 is 0 Å². The molecule has 1 heterocycles. The fourth-order valence-electron chi connectivity index (χ4n) is 3.34. The Morgan fingerprint density at radius 2 is 1.84 bits per heavy atom. The fourth-order valence-corrected chi connectivity index (χ4v) is 3.34. The zero-order valence-corrected chi connectivity index (χ0v) is 14.1. The molecule has 1 saturated heterocycles. The molecule has 0 N–H and O–H groups in total. The summed E-state index contributed by atoms with van der Waals surface area (Å²) in [5.41, 5.74) is 1.70. The van der Waals surface area contributed by atoms with Crippen LogP contribution in [0.3, 0.4) is 0 Å². The number of hydrogen-bond donors (Lipinski definition) is 0. The fraction of sp³-hybridized carbons (Fsp3) is 0.333. The predicted octanol–water partition coefficient (Wildman–Crippen LogP) is 6.19. The molecule has 0 aromatic heterocycles. The van der Waals surface area contributed by atoms with Crippen LogP contribution in [0.25, 0.3) is 11.1 Å². The average Bonchev–Trinajstić information content (AvgIpc) is 2.62. The van der Waals surface area contributed by atoms with E-state index < -0.39 is 17.8 Å². The van der Waals surface area contributed by atoms with Gasteiger partial charge in [-0.15, -0.1) is 6.58 Å². The number of benzene rings is 2. The normalized spacial score (nSPS) is 20.7. The van der Waals surface area contributed by atoms with Crippen LogP contribution in [0, 0.1) is 12.7 Å². The molecule has 2 unspecified atom stereocenters. The second-order valence-electron chi connectivity index (χ2n) is 6.48. The third-order valence-corrected chi connectivity index (χ3v) is 4.81. The Labute approximate surface area is 146 Å². The minimum absolute atomic E-state index is 0.0528. The molecule has 0 spiro atoms. The molecule has 0 aliphatic carbocycles. The van der Waals surface area contributed by atoms with Crippen LogP contribution in [0.15, 0.2) is 49.1 Å². The molecule has 1 aliphatic rings. The maximum absolute atomic E-state index is 14.9. The van der Waals surface area contributed by atoms with Crippen molar-refractivity contribution in [3.8, 4) is 11.1 Å². The van der Waals surface area contributed by atoms with E-state index in [1.54, 1.807) is 30.3 Å². The van der Waals surface area contributed by atoms with E-state index in [4.69, 9.17) is 4.74 Å². The van der Waals surface area contributed by atoms with Crippen LogP contribution >= 0.6 is 0 Å². The van der Waals surface area contributed by atoms with E-state index in [9.17, 15) is 13.2 Å². The summed E-state index contributed by atoms with van der Waals surface area (Å²) in [7, 11) is 0. The molecule has 4 heteroatoms. The van der Waals surface area contributed by atoms with E-state index in [1.165, 1.54) is 0 Å². The molecular formula is C21H21F3O. The highest BCUT2D eigenvalue weighted by Crippen LogP contribution is 2.39. The maximum atomic E-state index is 14.9. The topological polar surface area (TPSA) is 9.23 Å². The van der Waals surface area contributed by atoms with Gasteiger partial charge in [0.25, 0.3) is 6.43 Å². The van der Waals surface area contributed by atoms with Crippen LogP contribution in [-0.2, 0) is 4.74 Å². The number of hydrogen-bond acceptors (Lipinski definition) is 1. The molecule has 2 atom stereocenters. The molecule has 3 rings (SSSR count). The Morgan fingerprint density at radius 1 is 1.12 bits per heavy atom. The Morgan fingerprint density at radius 3 is 2.40 bits per heavy atom. The van der Waals surface area contributed by atoms with Gasteiger partial charge in [0.2, 0.25) is 0 Å². The smallest absolute Gasteiger partial charge is 0.266 e. The first kappa shape index (κ1) is 17.7. The number of rotatable bonds is 4. The summed E-state index contributed by atoms with van der Waals surface area (Å²) in [6, 6.07) is 10.4. The molecule has 2 aromatic carbocycles. The van der Waals surface area contributed by atoms with Crippen molar-refractivity contribution in [3.63, 3.8) is 0 Å². The van der Waals surface area contributed by atoms with Gasteiger partial charge in [0.05, 0.1) is 18.3 Å². The number of halogens is 3. The lowest BCUT2D eigenvalue weighted by Gasteiger charge is -2.29. The van der Waals surface area contributed by atoms with Gasteiger partial charge in [0, 0.05) is 11.5 Å². The molecular weight excluding hydrogens is 325 g/mol. The minimum atomic E-state index is -2.86. The van der Waals surface area contributed by atoms with Gasteiger partial charge in [0.15, 0.2) is 0 Å². The first-order chi connectivity index (χ1) is 12.0. The Kier molecular flexibility index (Phi) is 5.28. The van der Waals surface area contributed by atoms with Crippen LogP contribution in [0.1, 0.15) is 41.9 Å². The van der Waals surface area contributed by atoms with E-state index in [2.05, 4.69) is 6.58 Å². The third-order valence-electron chi connectivity index (χ3n) is 4.81. The highest BCUT2D eigenvalue weighted by atomic mass is 19.3. The van der Waals surface area contributed by atoms with Crippen molar-refractivity contribution < 1.29 is 17.9 Å². The van der Waals surface area contributed by atoms with E-state index in [-0.39, 0.29) is 17.6 Å². The lowest BCUT2D eigenvalue weighted by atomic mass is 9.86. The number of alkyl halides is 2. The zero-order chi connectivity index (χ0) is 18.0. The van der Waals surface area contributed by atoms with Gasteiger partial charge in [0.1, 0.15) is 5.82 Å². The summed E-state index contributed by atoms with van der Waals surface area (Å²) in [5.74, 6) is -1.05. The van der Waals surface area contributed by atoms with Gasteiger partial charge in [-0.3, -0.25) is 0 Å². The van der Waals surface area contributed by atoms with Gasteiger partial charge >= 0.3 is 0 Å². The second-order valence-corrected chi connectivity index (χ2v) is 6.48. The first-order valence-electron chi connectivity index (χ1n) is 8.43. The maximum Gasteiger partial charge on any atom is 0.266 e. The van der Waals surface area contributed by atoms with Crippen molar-refractivity contribution in [2.45, 2.75) is 38.2 Å². The van der Waals surface area contributed by atoms with Crippen molar-refractivity contribution in [1.29, 1.82) is 0 Å². The van der Waals surface area contributed by atoms with Crippen molar-refractivity contribution >= 4 is 0 Å². The molecule has 0 saturated carbocycles. The van der Waals surface area contributed by atoms with Crippen LogP contribution in [-0.4, -0.2) is 12.7 Å². The van der Waals surface area contributed by atoms with E-state index in [1.807, 2.05) is 19.1 Å². The van der Waals surface area contributed by atoms with E-state index in [0.717, 1.165) is 5.56 Å². The predicted molar refractivity (Wildman–Crippen MR) is 93.4 cm³/mol. The van der Waals surface area contributed by atoms with Crippen molar-refractivity contribution in [2.24, 2.45) is 0 Å². The third kappa shape index (κ3) is 3.64. The standard InChI is InChI=1S/C21H21F3O/c1-3-16-9-8-15(12-25-16)17-10-11-18(20(22)19(17)21(23)24)14-6-4-13(2)5-7-14/h3-7,10-11,15-16,21H,1,8-9,12H2,2H3. The minimum Gasteiger partial charge on any atom is -0.374 e. The number of aryl methyl sites for hydroxylation is 1. The molecule has 2 aromatic rings. The summed E-state index contributed by atoms with van der Waals surface area (Å²) in [6.07, 6.45) is 0.184. The van der Waals surface area contributed by atoms with Crippen LogP contribution < -0.4 is 0 Å². The quantitative estimate of drug-likeness (QED) is 0.600. The lowest BCUT2D eigenvalue weighted by Crippen LogP contribution is -2.24. The second kappa shape index (κ2) is 7.44. The Hall–Kier alpha value is -2.07. The summed E-state index contributed by atoms with van der Waals surface area (Å²) in [4.78, 5) is 0. The first-order valence-corrected chi connectivity index (χ1v) is 8.43. The molecule has 1 nitrogen and oxygen atoms in total. The summed E-state index contributed by atoms with van der Waals surface area (Å²) < 4.78 is 47.8. The molecule has 1 fully saturated rings. The Bertz CT molecular complexity index is 744. The summed E-state index contributed by atoms with van der Waals surface area (Å²) in [6.45, 7) is 5.92. The van der Waals surface area contributed by atoms with Crippen LogP contribution in [0.4, 0.5) is 13.2 Å². The van der Waals surface area contributed by atoms with Gasteiger partial charge in [-0.25, -0.2) is 13.2 Å². The van der Waals surface area contributed by atoms with Gasteiger partial charge in [-0.1, -0.05) is 48.0 Å². The number of ether oxygens (including phenoxy) is 1. The molecule has 25 heavy (non-hydrogen) atoms. The summed E-state index contributed by atoms with van der Waals surface area (Å²) in [5, 5.41) is 0. The van der Waals surface area contributed by atoms with Crippen molar-refractivity contribution in [2.75, 3.05) is 6.61 Å². The van der Waals surface area contributed by atoms with E-state index in [0.29, 0.717) is 30.6 Å².